The fraction of sp³-hybridized carbons (Fsp3) is 0. The number of halogens is 2. The molecule has 0 fully saturated rings. The standard InChI is InChI=1S/2ClO3Si.3Sr/c2*1-5(2,3)4;;;/q2*-3;3*+2. The van der Waals surface area contributed by atoms with E-state index in [2.05, 4.69) is 22.2 Å². The van der Waals surface area contributed by atoms with Crippen molar-refractivity contribution in [3.8, 4) is 0 Å². The van der Waals surface area contributed by atoms with Crippen LogP contribution in [0.3, 0.4) is 0 Å². The Kier molecular flexibility index (Phi) is 36.3. The third-order valence-corrected chi connectivity index (χ3v) is 0. The summed E-state index contributed by atoms with van der Waals surface area (Å²) >= 11 is 8.00. The molecule has 0 saturated carbocycles. The van der Waals surface area contributed by atoms with Gasteiger partial charge in [-0.1, -0.05) is 0 Å². The Morgan fingerprint density at radius 1 is 0.538 bits per heavy atom. The summed E-state index contributed by atoms with van der Waals surface area (Å²) in [6.45, 7) is 0. The number of hydrogen-bond acceptors (Lipinski definition) is 6. The average Bonchev–Trinajstić information content (AvgIpc) is 1.12. The fourth-order valence-electron chi connectivity index (χ4n) is 0. The Morgan fingerprint density at radius 2 is 0.538 bits per heavy atom. The van der Waals surface area contributed by atoms with Crippen LogP contribution in [0.5, 0.6) is 0 Å². The van der Waals surface area contributed by atoms with Gasteiger partial charge in [0.2, 0.25) is 0 Å². The van der Waals surface area contributed by atoms with Crippen LogP contribution in [0.4, 0.5) is 0 Å². The molecule has 0 aliphatic heterocycles. The monoisotopic (exact) mass is 486 g/mol. The van der Waals surface area contributed by atoms with Crippen LogP contribution in [-0.4, -0.2) is 153 Å². The molecule has 0 aliphatic carbocycles. The third kappa shape index (κ3) is 147. The average molecular weight is 486 g/mol. The van der Waals surface area contributed by atoms with Gasteiger partial charge in [0.1, 0.15) is 0 Å². The largest absolute Gasteiger partial charge is 2.00 e. The smallest absolute Gasteiger partial charge is 0.870 e. The van der Waals surface area contributed by atoms with Crippen molar-refractivity contribution in [2.24, 2.45) is 0 Å². The molecule has 0 unspecified atom stereocenters. The number of hydrogen-bond donors (Lipinski definition) is 0. The number of rotatable bonds is 0. The zero-order valence-electron chi connectivity index (χ0n) is 6.33. The van der Waals surface area contributed by atoms with E-state index in [1.54, 1.807) is 0 Å². The topological polar surface area (TPSA) is 138 Å². The minimum atomic E-state index is -4.89. The summed E-state index contributed by atoms with van der Waals surface area (Å²) in [5.41, 5.74) is 0. The van der Waals surface area contributed by atoms with E-state index in [1.807, 2.05) is 0 Å². The second kappa shape index (κ2) is 15.3. The second-order valence-corrected chi connectivity index (χ2v) is 5.67. The van der Waals surface area contributed by atoms with E-state index in [9.17, 15) is 0 Å². The molecule has 0 heterocycles. The molecule has 13 heavy (non-hydrogen) atoms. The summed E-state index contributed by atoms with van der Waals surface area (Å²) in [5, 5.41) is 0. The Labute approximate surface area is 198 Å². The van der Waals surface area contributed by atoms with E-state index in [0.29, 0.717) is 0 Å². The molecule has 0 radical (unpaired) electrons. The summed E-state index contributed by atoms with van der Waals surface area (Å²) in [7, 11) is -9.78. The van der Waals surface area contributed by atoms with Crippen LogP contribution >= 0.6 is 22.2 Å². The second-order valence-electron chi connectivity index (χ2n) is 0.963. The molecule has 0 atom stereocenters. The van der Waals surface area contributed by atoms with Gasteiger partial charge in [-0.25, -0.2) is 22.2 Å². The summed E-state index contributed by atoms with van der Waals surface area (Å²) < 4.78 is 0. The van der Waals surface area contributed by atoms with Crippen LogP contribution in [-0.2, 0) is 0 Å². The Balaban J connectivity index is -0.0000000267. The van der Waals surface area contributed by atoms with Crippen LogP contribution < -0.4 is 28.8 Å². The predicted molar refractivity (Wildman–Crippen MR) is 40.5 cm³/mol. The molecule has 0 amide bonds. The van der Waals surface area contributed by atoms with E-state index in [0.717, 1.165) is 0 Å². The quantitative estimate of drug-likeness (QED) is 0.247. The summed E-state index contributed by atoms with van der Waals surface area (Å²) in [4.78, 5) is 53.4. The van der Waals surface area contributed by atoms with Gasteiger partial charge in [-0.3, -0.25) is 0 Å². The molecule has 0 N–H and O–H groups in total. The zero-order chi connectivity index (χ0) is 9.00. The molecular formula is Cl2O6Si2Sr3. The van der Waals surface area contributed by atoms with E-state index >= 15 is 0 Å². The minimum Gasteiger partial charge on any atom is -0.870 e. The van der Waals surface area contributed by atoms with Crippen LogP contribution in [0.2, 0.25) is 0 Å². The summed E-state index contributed by atoms with van der Waals surface area (Å²) in [6, 6.07) is 0. The Hall–Kier alpha value is 5.22. The molecule has 64 valence electrons. The van der Waals surface area contributed by atoms with Crippen molar-refractivity contribution in [2.45, 2.75) is 0 Å². The van der Waals surface area contributed by atoms with Crippen molar-refractivity contribution in [3.05, 3.63) is 0 Å². The molecule has 0 aliphatic rings. The van der Waals surface area contributed by atoms with Gasteiger partial charge in [-0.15, -0.1) is 0 Å². The van der Waals surface area contributed by atoms with Gasteiger partial charge < -0.3 is 28.8 Å². The first kappa shape index (κ1) is 30.9. The molecule has 0 saturated heterocycles. The molecular weight excluding hydrogens is 486 g/mol. The van der Waals surface area contributed by atoms with Crippen molar-refractivity contribution in [3.63, 3.8) is 0 Å². The van der Waals surface area contributed by atoms with Gasteiger partial charge >= 0.3 is 136 Å². The van der Waals surface area contributed by atoms with Crippen LogP contribution in [0.15, 0.2) is 0 Å². The Bertz CT molecular complexity index is 66.9. The maximum Gasteiger partial charge on any atom is 2.00 e. The van der Waals surface area contributed by atoms with Crippen LogP contribution in [0.25, 0.3) is 0 Å². The van der Waals surface area contributed by atoms with Crippen molar-refractivity contribution in [1.82, 2.24) is 0 Å². The SMILES string of the molecule is [O-][Si]([O-])([O-])Cl.[O-][Si]([O-])([O-])Cl.[Sr+2].[Sr+2].[Sr+2]. The van der Waals surface area contributed by atoms with Gasteiger partial charge in [-0.05, 0) is 0 Å². The summed E-state index contributed by atoms with van der Waals surface area (Å²) in [5.74, 6) is 0. The maximum atomic E-state index is 8.90. The van der Waals surface area contributed by atoms with Gasteiger partial charge in [0, 0.05) is 0 Å². The first-order chi connectivity index (χ1) is 4.00. The first-order valence-electron chi connectivity index (χ1n) is 1.60. The van der Waals surface area contributed by atoms with Crippen molar-refractivity contribution in [1.29, 1.82) is 0 Å². The minimum absolute atomic E-state index is 0. The predicted octanol–water partition coefficient (Wildman–Crippen LogP) is -7.66. The van der Waals surface area contributed by atoms with Crippen molar-refractivity contribution in [2.75, 3.05) is 0 Å². The van der Waals surface area contributed by atoms with E-state index < -0.39 is 16.2 Å². The van der Waals surface area contributed by atoms with Crippen LogP contribution in [0, 0.1) is 0 Å². The fourth-order valence-corrected chi connectivity index (χ4v) is 0. The van der Waals surface area contributed by atoms with E-state index in [4.69, 9.17) is 28.8 Å². The first-order valence-corrected chi connectivity index (χ1v) is 7.08. The van der Waals surface area contributed by atoms with Gasteiger partial charge in [0.25, 0.3) is 0 Å². The molecule has 0 aromatic carbocycles. The third-order valence-electron chi connectivity index (χ3n) is 0. The maximum absolute atomic E-state index is 8.90. The van der Waals surface area contributed by atoms with Crippen LogP contribution in [0.1, 0.15) is 0 Å². The van der Waals surface area contributed by atoms with E-state index in [1.165, 1.54) is 0 Å². The molecule has 0 aromatic heterocycles. The Morgan fingerprint density at radius 3 is 0.538 bits per heavy atom. The summed E-state index contributed by atoms with van der Waals surface area (Å²) in [6.07, 6.45) is 0. The molecule has 6 nitrogen and oxygen atoms in total. The normalized spacial score (nSPS) is 9.23. The van der Waals surface area contributed by atoms with Gasteiger partial charge in [0.05, 0.1) is 0 Å². The molecule has 0 bridgehead atoms. The molecule has 0 rings (SSSR count). The van der Waals surface area contributed by atoms with Crippen molar-refractivity contribution >= 4 is 175 Å². The van der Waals surface area contributed by atoms with Crippen molar-refractivity contribution < 1.29 is 28.8 Å². The molecule has 0 spiro atoms. The van der Waals surface area contributed by atoms with Gasteiger partial charge in [-0.2, -0.15) is 16.2 Å². The zero-order valence-corrected chi connectivity index (χ0v) is 20.3. The van der Waals surface area contributed by atoms with E-state index in [-0.39, 0.29) is 136 Å². The molecule has 13 heteroatoms. The van der Waals surface area contributed by atoms with Gasteiger partial charge in [0.15, 0.2) is 0 Å². The molecule has 0 aromatic rings.